The summed E-state index contributed by atoms with van der Waals surface area (Å²) < 4.78 is 0. The van der Waals surface area contributed by atoms with Crippen LogP contribution >= 0.6 is 0 Å². The van der Waals surface area contributed by atoms with Gasteiger partial charge in [0.2, 0.25) is 0 Å². The van der Waals surface area contributed by atoms with E-state index in [2.05, 4.69) is 12.8 Å². The Bertz CT molecular complexity index is 168. The Balaban J connectivity index is 2.67. The third kappa shape index (κ3) is 1.41. The van der Waals surface area contributed by atoms with E-state index in [1.165, 1.54) is 19.3 Å². The Morgan fingerprint density at radius 1 is 1.73 bits per heavy atom. The van der Waals surface area contributed by atoms with Crippen LogP contribution in [0.3, 0.4) is 0 Å². The molecule has 0 aromatic carbocycles. The average Bonchev–Trinajstić information content (AvgIpc) is 2.35. The summed E-state index contributed by atoms with van der Waals surface area (Å²) in [6.07, 6.45) is 10.0. The van der Waals surface area contributed by atoms with Crippen LogP contribution in [0.5, 0.6) is 0 Å². The molecule has 0 saturated heterocycles. The van der Waals surface area contributed by atoms with E-state index in [4.69, 9.17) is 12.2 Å². The van der Waals surface area contributed by atoms with Gasteiger partial charge >= 0.3 is 0 Å². The first kappa shape index (κ1) is 8.62. The third-order valence-electron chi connectivity index (χ3n) is 3.22. The molecule has 2 N–H and O–H groups in total. The molecule has 0 aromatic heterocycles. The van der Waals surface area contributed by atoms with E-state index >= 15 is 0 Å². The topological polar surface area (TPSA) is 26.0 Å². The van der Waals surface area contributed by atoms with Crippen molar-refractivity contribution >= 4 is 0 Å². The molecule has 1 aliphatic rings. The highest BCUT2D eigenvalue weighted by atomic mass is 14.6. The van der Waals surface area contributed by atoms with Crippen molar-refractivity contribution in [3.05, 3.63) is 0 Å². The molecule has 1 rings (SSSR count). The average molecular weight is 151 g/mol. The lowest BCUT2D eigenvalue weighted by molar-refractivity contribution is 0.233. The molecule has 1 saturated carbocycles. The molecule has 0 bridgehead atoms. The molecule has 62 valence electrons. The summed E-state index contributed by atoms with van der Waals surface area (Å²) in [7, 11) is 0. The first-order chi connectivity index (χ1) is 5.25. The van der Waals surface area contributed by atoms with E-state index < -0.39 is 0 Å². The number of terminal acetylenes is 1. The highest BCUT2D eigenvalue weighted by molar-refractivity contribution is 5.00. The number of hydrogen-bond donors (Lipinski definition) is 1. The van der Waals surface area contributed by atoms with E-state index in [1.807, 2.05) is 0 Å². The fourth-order valence-corrected chi connectivity index (χ4v) is 2.15. The fraction of sp³-hybridized carbons (Fsp3) is 0.800. The van der Waals surface area contributed by atoms with Gasteiger partial charge in [-0.25, -0.2) is 0 Å². The Morgan fingerprint density at radius 3 is 2.82 bits per heavy atom. The van der Waals surface area contributed by atoms with Crippen LogP contribution in [0.1, 0.15) is 32.6 Å². The zero-order valence-corrected chi connectivity index (χ0v) is 7.27. The van der Waals surface area contributed by atoms with Crippen LogP contribution in [-0.2, 0) is 0 Å². The molecule has 1 aliphatic carbocycles. The first-order valence-electron chi connectivity index (χ1n) is 4.39. The molecule has 0 spiro atoms. The van der Waals surface area contributed by atoms with Crippen molar-refractivity contribution in [1.82, 2.24) is 0 Å². The van der Waals surface area contributed by atoms with E-state index in [-0.39, 0.29) is 5.41 Å². The van der Waals surface area contributed by atoms with Gasteiger partial charge in [-0.15, -0.1) is 12.3 Å². The first-order valence-corrected chi connectivity index (χ1v) is 4.39. The zero-order valence-electron chi connectivity index (χ0n) is 7.27. The van der Waals surface area contributed by atoms with Crippen molar-refractivity contribution in [2.45, 2.75) is 32.6 Å². The molecule has 1 fully saturated rings. The van der Waals surface area contributed by atoms with Crippen molar-refractivity contribution in [2.75, 3.05) is 6.54 Å². The van der Waals surface area contributed by atoms with Gasteiger partial charge in [0.25, 0.3) is 0 Å². The lowest BCUT2D eigenvalue weighted by Gasteiger charge is -2.30. The van der Waals surface area contributed by atoms with E-state index in [1.54, 1.807) is 0 Å². The van der Waals surface area contributed by atoms with Gasteiger partial charge in [0.05, 0.1) is 0 Å². The zero-order chi connectivity index (χ0) is 8.32. The van der Waals surface area contributed by atoms with E-state index in [0.717, 1.165) is 18.9 Å². The van der Waals surface area contributed by atoms with Gasteiger partial charge in [-0.3, -0.25) is 0 Å². The quantitative estimate of drug-likeness (QED) is 0.598. The van der Waals surface area contributed by atoms with E-state index in [9.17, 15) is 0 Å². The number of nitrogens with two attached hydrogens (primary N) is 1. The minimum Gasteiger partial charge on any atom is -0.330 e. The van der Waals surface area contributed by atoms with Gasteiger partial charge in [-0.2, -0.15) is 0 Å². The van der Waals surface area contributed by atoms with Gasteiger partial charge in [-0.1, -0.05) is 19.8 Å². The molecule has 0 radical (unpaired) electrons. The Hall–Kier alpha value is -0.480. The van der Waals surface area contributed by atoms with Crippen molar-refractivity contribution in [3.8, 4) is 12.3 Å². The Labute approximate surface area is 69.4 Å². The Kier molecular flexibility index (Phi) is 2.57. The van der Waals surface area contributed by atoms with Crippen molar-refractivity contribution < 1.29 is 0 Å². The maximum absolute atomic E-state index is 5.75. The molecular formula is C10H17N. The molecule has 11 heavy (non-hydrogen) atoms. The molecule has 2 unspecified atom stereocenters. The smallest absolute Gasteiger partial charge is 0.0157 e. The van der Waals surface area contributed by atoms with Crippen molar-refractivity contribution in [1.29, 1.82) is 0 Å². The Morgan fingerprint density at radius 2 is 2.45 bits per heavy atom. The normalized spacial score (nSPS) is 37.0. The van der Waals surface area contributed by atoms with Crippen molar-refractivity contribution in [3.63, 3.8) is 0 Å². The second kappa shape index (κ2) is 3.28. The molecule has 1 nitrogen and oxygen atoms in total. The van der Waals surface area contributed by atoms with Crippen LogP contribution in [0, 0.1) is 23.7 Å². The molecule has 0 amide bonds. The summed E-state index contributed by atoms with van der Waals surface area (Å²) in [5.74, 6) is 3.48. The molecule has 0 aliphatic heterocycles. The molecule has 0 aromatic rings. The van der Waals surface area contributed by atoms with E-state index in [0.29, 0.717) is 0 Å². The van der Waals surface area contributed by atoms with Crippen LogP contribution < -0.4 is 5.73 Å². The number of hydrogen-bond acceptors (Lipinski definition) is 1. The second-order valence-corrected chi connectivity index (χ2v) is 3.74. The standard InChI is InChI=1S/C10H17N/c1-3-6-10(8-11)7-4-5-9(10)2/h1,9H,4-8,11H2,2H3. The summed E-state index contributed by atoms with van der Waals surface area (Å²) in [5, 5.41) is 0. The second-order valence-electron chi connectivity index (χ2n) is 3.74. The largest absolute Gasteiger partial charge is 0.330 e. The summed E-state index contributed by atoms with van der Waals surface area (Å²) in [5.41, 5.74) is 6.04. The lowest BCUT2D eigenvalue weighted by Crippen LogP contribution is -2.32. The summed E-state index contributed by atoms with van der Waals surface area (Å²) >= 11 is 0. The molecular weight excluding hydrogens is 134 g/mol. The monoisotopic (exact) mass is 151 g/mol. The van der Waals surface area contributed by atoms with Crippen LogP contribution in [0.2, 0.25) is 0 Å². The number of rotatable bonds is 2. The van der Waals surface area contributed by atoms with Gasteiger partial charge in [0.1, 0.15) is 0 Å². The predicted molar refractivity (Wildman–Crippen MR) is 48.0 cm³/mol. The van der Waals surface area contributed by atoms with Crippen LogP contribution in [0.25, 0.3) is 0 Å². The maximum atomic E-state index is 5.75. The highest BCUT2D eigenvalue weighted by Crippen LogP contribution is 2.44. The van der Waals surface area contributed by atoms with Gasteiger partial charge in [-0.05, 0) is 24.3 Å². The van der Waals surface area contributed by atoms with Crippen LogP contribution in [-0.4, -0.2) is 6.54 Å². The van der Waals surface area contributed by atoms with Crippen LogP contribution in [0.4, 0.5) is 0 Å². The summed E-state index contributed by atoms with van der Waals surface area (Å²) in [6.45, 7) is 3.04. The summed E-state index contributed by atoms with van der Waals surface area (Å²) in [6, 6.07) is 0. The minimum atomic E-state index is 0.286. The molecule has 2 atom stereocenters. The predicted octanol–water partition coefficient (Wildman–Crippen LogP) is 1.77. The van der Waals surface area contributed by atoms with Gasteiger partial charge in [0, 0.05) is 6.42 Å². The van der Waals surface area contributed by atoms with Gasteiger partial charge in [0.15, 0.2) is 0 Å². The minimum absolute atomic E-state index is 0.286. The lowest BCUT2D eigenvalue weighted by atomic mass is 9.76. The van der Waals surface area contributed by atoms with Gasteiger partial charge < -0.3 is 5.73 Å². The van der Waals surface area contributed by atoms with Crippen molar-refractivity contribution in [2.24, 2.45) is 17.1 Å². The van der Waals surface area contributed by atoms with Crippen LogP contribution in [0.15, 0.2) is 0 Å². The maximum Gasteiger partial charge on any atom is 0.0157 e. The fourth-order valence-electron chi connectivity index (χ4n) is 2.15. The molecule has 0 heterocycles. The molecule has 1 heteroatoms. The third-order valence-corrected chi connectivity index (χ3v) is 3.22. The summed E-state index contributed by atoms with van der Waals surface area (Å²) in [4.78, 5) is 0. The highest BCUT2D eigenvalue weighted by Gasteiger charge is 2.37. The SMILES string of the molecule is C#CCC1(CN)CCCC1C.